The van der Waals surface area contributed by atoms with E-state index in [4.69, 9.17) is 0 Å². The number of carbonyl (C=O) groups is 1. The van der Waals surface area contributed by atoms with Gasteiger partial charge in [-0.15, -0.1) is 0 Å². The minimum atomic E-state index is -0.811. The Morgan fingerprint density at radius 1 is 1.56 bits per heavy atom. The highest BCUT2D eigenvalue weighted by atomic mass is 16.6. The zero-order valence-corrected chi connectivity index (χ0v) is 8.76. The summed E-state index contributed by atoms with van der Waals surface area (Å²) in [6, 6.07) is -0.699. The van der Waals surface area contributed by atoms with Gasteiger partial charge < -0.3 is 5.11 Å². The molecule has 0 aromatic carbocycles. The Morgan fingerprint density at radius 3 is 2.56 bits per heavy atom. The van der Waals surface area contributed by atoms with Crippen LogP contribution < -0.4 is 0 Å². The summed E-state index contributed by atoms with van der Waals surface area (Å²) in [5.41, 5.74) is -0.0257. The lowest BCUT2D eigenvalue weighted by molar-refractivity contribution is -0.508. The summed E-state index contributed by atoms with van der Waals surface area (Å²) in [7, 11) is 0. The fourth-order valence-corrected chi connectivity index (χ4v) is 2.28. The van der Waals surface area contributed by atoms with Gasteiger partial charge >= 0.3 is 5.97 Å². The molecule has 0 bridgehead atoms. The maximum atomic E-state index is 11.2. The third kappa shape index (κ3) is 1.52. The number of rotatable bonds is 3. The van der Waals surface area contributed by atoms with Crippen LogP contribution in [0.4, 0.5) is 0 Å². The molecule has 16 heavy (non-hydrogen) atoms. The van der Waals surface area contributed by atoms with Gasteiger partial charge in [-0.3, -0.25) is 14.9 Å². The Labute approximate surface area is 92.6 Å². The summed E-state index contributed by atoms with van der Waals surface area (Å²) in [4.78, 5) is 21.4. The maximum Gasteiger partial charge on any atom is 0.314 e. The number of nitrogens with zero attached hydrogens (tertiary/aromatic N) is 1. The van der Waals surface area contributed by atoms with Gasteiger partial charge in [0.1, 0.15) is 0 Å². The maximum absolute atomic E-state index is 11.2. The number of hydrogen-bond acceptors (Lipinski definition) is 3. The summed E-state index contributed by atoms with van der Waals surface area (Å²) < 4.78 is 0. The second-order valence-corrected chi connectivity index (χ2v) is 4.35. The second kappa shape index (κ2) is 3.73. The Balaban J connectivity index is 2.16. The molecule has 86 valence electrons. The number of carboxylic acids is 1. The summed E-state index contributed by atoms with van der Waals surface area (Å²) in [6.45, 7) is 0. The molecule has 2 rings (SSSR count). The zero-order chi connectivity index (χ0) is 11.8. The predicted octanol–water partition coefficient (Wildman–Crippen LogP) is 1.77. The van der Waals surface area contributed by atoms with E-state index in [1.54, 1.807) is 12.2 Å². The molecule has 1 saturated carbocycles. The monoisotopic (exact) mass is 223 g/mol. The van der Waals surface area contributed by atoms with Gasteiger partial charge in [-0.05, 0) is 24.5 Å². The largest absolute Gasteiger partial charge is 0.481 e. The first kappa shape index (κ1) is 10.9. The lowest BCUT2D eigenvalue weighted by Gasteiger charge is -2.39. The van der Waals surface area contributed by atoms with Crippen molar-refractivity contribution in [2.24, 2.45) is 5.41 Å². The molecule has 2 aliphatic carbocycles. The van der Waals surface area contributed by atoms with Crippen LogP contribution in [0.1, 0.15) is 25.7 Å². The minimum Gasteiger partial charge on any atom is -0.481 e. The summed E-state index contributed by atoms with van der Waals surface area (Å²) >= 11 is 0. The molecule has 0 aromatic rings. The number of nitro groups is 1. The van der Waals surface area contributed by atoms with Crippen LogP contribution in [0.3, 0.4) is 0 Å². The van der Waals surface area contributed by atoms with Crippen LogP contribution in [-0.4, -0.2) is 22.0 Å². The number of carboxylic acid groups (broad SMARTS) is 1. The van der Waals surface area contributed by atoms with E-state index in [1.165, 1.54) is 6.08 Å². The Hall–Kier alpha value is -1.65. The van der Waals surface area contributed by atoms with E-state index in [9.17, 15) is 20.0 Å². The van der Waals surface area contributed by atoms with Crippen molar-refractivity contribution in [2.75, 3.05) is 0 Å². The molecule has 0 saturated heterocycles. The minimum absolute atomic E-state index is 0.299. The molecule has 1 atom stereocenters. The van der Waals surface area contributed by atoms with Gasteiger partial charge in [0.25, 0.3) is 0 Å². The van der Waals surface area contributed by atoms with Crippen LogP contribution in [0.25, 0.3) is 0 Å². The average Bonchev–Trinajstić information content (AvgIpc) is 2.16. The van der Waals surface area contributed by atoms with Crippen molar-refractivity contribution in [1.29, 1.82) is 0 Å². The molecule has 2 aliphatic rings. The van der Waals surface area contributed by atoms with Gasteiger partial charge in [0.05, 0.1) is 5.41 Å². The standard InChI is InChI=1S/C11H13NO4/c13-10(14)11(6-1-7-11)8-2-4-9(5-3-8)12(15)16/h2-4,9H,1,5-7H2,(H,13,14). The van der Waals surface area contributed by atoms with Crippen molar-refractivity contribution in [3.8, 4) is 0 Å². The number of aliphatic carboxylic acids is 1. The van der Waals surface area contributed by atoms with E-state index >= 15 is 0 Å². The molecule has 0 amide bonds. The molecule has 5 nitrogen and oxygen atoms in total. The first-order valence-electron chi connectivity index (χ1n) is 5.32. The average molecular weight is 223 g/mol. The smallest absolute Gasteiger partial charge is 0.314 e. The van der Waals surface area contributed by atoms with Gasteiger partial charge in [-0.2, -0.15) is 0 Å². The van der Waals surface area contributed by atoms with E-state index in [-0.39, 0.29) is 4.92 Å². The number of hydrogen-bond donors (Lipinski definition) is 1. The van der Waals surface area contributed by atoms with Gasteiger partial charge in [0, 0.05) is 11.3 Å². The predicted molar refractivity (Wildman–Crippen MR) is 56.5 cm³/mol. The van der Waals surface area contributed by atoms with E-state index in [0.29, 0.717) is 19.3 Å². The third-order valence-corrected chi connectivity index (χ3v) is 3.52. The third-order valence-electron chi connectivity index (χ3n) is 3.52. The summed E-state index contributed by atoms with van der Waals surface area (Å²) in [5.74, 6) is -0.811. The van der Waals surface area contributed by atoms with Crippen LogP contribution in [0.2, 0.25) is 0 Å². The Morgan fingerprint density at radius 2 is 2.25 bits per heavy atom. The quantitative estimate of drug-likeness (QED) is 0.584. The fraction of sp³-hybridized carbons (Fsp3) is 0.545. The molecule has 0 spiro atoms. The van der Waals surface area contributed by atoms with Crippen LogP contribution in [0.5, 0.6) is 0 Å². The Bertz CT molecular complexity index is 393. The first-order valence-corrected chi connectivity index (χ1v) is 5.32. The van der Waals surface area contributed by atoms with Crippen molar-refractivity contribution in [3.05, 3.63) is 33.9 Å². The van der Waals surface area contributed by atoms with E-state index in [2.05, 4.69) is 0 Å². The molecule has 0 aliphatic heterocycles. The molecule has 1 fully saturated rings. The van der Waals surface area contributed by atoms with Crippen molar-refractivity contribution in [2.45, 2.75) is 31.7 Å². The van der Waals surface area contributed by atoms with E-state index < -0.39 is 17.4 Å². The van der Waals surface area contributed by atoms with Crippen molar-refractivity contribution in [1.82, 2.24) is 0 Å². The SMILES string of the molecule is O=C(O)C1(C2=CCC([N+](=O)[O-])C=C2)CCC1. The van der Waals surface area contributed by atoms with E-state index in [1.807, 2.05) is 0 Å². The van der Waals surface area contributed by atoms with Gasteiger partial charge in [-0.25, -0.2) is 0 Å². The first-order chi connectivity index (χ1) is 7.56. The topological polar surface area (TPSA) is 80.4 Å². The highest BCUT2D eigenvalue weighted by Crippen LogP contribution is 2.48. The molecule has 5 heteroatoms. The summed E-state index contributed by atoms with van der Waals surface area (Å²) in [6.07, 6.45) is 7.32. The Kier molecular flexibility index (Phi) is 2.53. The molecule has 0 heterocycles. The molecule has 0 radical (unpaired) electrons. The lowest BCUT2D eigenvalue weighted by Crippen LogP contribution is -2.40. The van der Waals surface area contributed by atoms with Crippen LogP contribution in [0.15, 0.2) is 23.8 Å². The van der Waals surface area contributed by atoms with Gasteiger partial charge in [0.15, 0.2) is 0 Å². The van der Waals surface area contributed by atoms with Crippen molar-refractivity contribution >= 4 is 5.97 Å². The lowest BCUT2D eigenvalue weighted by atomic mass is 9.63. The normalized spacial score (nSPS) is 26.8. The van der Waals surface area contributed by atoms with Gasteiger partial charge in [-0.1, -0.05) is 18.6 Å². The molecule has 1 unspecified atom stereocenters. The van der Waals surface area contributed by atoms with Crippen LogP contribution in [-0.2, 0) is 4.79 Å². The molecular weight excluding hydrogens is 210 g/mol. The van der Waals surface area contributed by atoms with E-state index in [0.717, 1.165) is 12.0 Å². The van der Waals surface area contributed by atoms with Crippen LogP contribution >= 0.6 is 0 Å². The fourth-order valence-electron chi connectivity index (χ4n) is 2.28. The van der Waals surface area contributed by atoms with Crippen LogP contribution in [0, 0.1) is 15.5 Å². The highest BCUT2D eigenvalue weighted by Gasteiger charge is 2.47. The van der Waals surface area contributed by atoms with Gasteiger partial charge in [0.2, 0.25) is 6.04 Å². The highest BCUT2D eigenvalue weighted by molar-refractivity contribution is 5.81. The summed E-state index contributed by atoms with van der Waals surface area (Å²) in [5, 5.41) is 19.7. The zero-order valence-electron chi connectivity index (χ0n) is 8.76. The number of allylic oxidation sites excluding steroid dienone is 1. The molecule has 0 aromatic heterocycles. The molecule has 1 N–H and O–H groups in total. The van der Waals surface area contributed by atoms with Crippen molar-refractivity contribution < 1.29 is 14.8 Å². The van der Waals surface area contributed by atoms with Crippen molar-refractivity contribution in [3.63, 3.8) is 0 Å². The second-order valence-electron chi connectivity index (χ2n) is 4.35. The molecular formula is C11H13NO4.